The number of hydrogen-bond donors (Lipinski definition) is 0. The number of nitrogens with zero attached hydrogens (tertiary/aromatic N) is 4. The van der Waals surface area contributed by atoms with Gasteiger partial charge in [0.05, 0.1) is 30.1 Å². The van der Waals surface area contributed by atoms with Crippen LogP contribution < -0.4 is 9.75 Å². The van der Waals surface area contributed by atoms with Gasteiger partial charge in [0, 0.05) is 32.4 Å². The van der Waals surface area contributed by atoms with Gasteiger partial charge >= 0.3 is 0 Å². The van der Waals surface area contributed by atoms with Gasteiger partial charge in [-0.15, -0.1) is 0 Å². The summed E-state index contributed by atoms with van der Waals surface area (Å²) in [6, 6.07) is 32.0. The summed E-state index contributed by atoms with van der Waals surface area (Å²) in [5.41, 5.74) is 5.63. The molecule has 1 unspecified atom stereocenters. The van der Waals surface area contributed by atoms with Gasteiger partial charge < -0.3 is 4.74 Å². The SMILES string of the molecule is COc1ccccc1C1=NN(c2nc(-c3ccccc3)c3cc(Cl)ccc3n2)C(c2ccc(Br)cc2)C1. The number of rotatable bonds is 5. The van der Waals surface area contributed by atoms with Crippen LogP contribution in [0, 0.1) is 0 Å². The second kappa shape index (κ2) is 9.96. The fourth-order valence-electron chi connectivity index (χ4n) is 4.69. The molecule has 0 radical (unpaired) electrons. The normalized spacial score (nSPS) is 15.2. The minimum absolute atomic E-state index is 0.0821. The first-order valence-electron chi connectivity index (χ1n) is 11.9. The average Bonchev–Trinajstić information content (AvgIpc) is 3.39. The highest BCUT2D eigenvalue weighted by Crippen LogP contribution is 2.39. The standard InChI is InChI=1S/C30H22BrClN4O/c1-37-28-10-6-5-9-23(28)26-18-27(19-11-13-21(31)14-12-19)36(35-26)30-33-25-16-15-22(32)17-24(25)29(34-30)20-7-3-2-4-8-20/h2-17,27H,18H2,1H3. The largest absolute Gasteiger partial charge is 0.496 e. The van der Waals surface area contributed by atoms with Crippen molar-refractivity contribution in [2.45, 2.75) is 12.5 Å². The van der Waals surface area contributed by atoms with Crippen molar-refractivity contribution in [3.05, 3.63) is 118 Å². The third-order valence-electron chi connectivity index (χ3n) is 6.48. The minimum Gasteiger partial charge on any atom is -0.496 e. The lowest BCUT2D eigenvalue weighted by Gasteiger charge is -2.23. The van der Waals surface area contributed by atoms with Crippen LogP contribution in [0.25, 0.3) is 22.2 Å². The zero-order valence-electron chi connectivity index (χ0n) is 20.0. The molecule has 182 valence electrons. The Morgan fingerprint density at radius 3 is 2.43 bits per heavy atom. The molecule has 2 heterocycles. The van der Waals surface area contributed by atoms with E-state index in [0.717, 1.165) is 49.2 Å². The maximum Gasteiger partial charge on any atom is 0.247 e. The summed E-state index contributed by atoms with van der Waals surface area (Å²) in [5.74, 6) is 1.32. The third kappa shape index (κ3) is 4.59. The summed E-state index contributed by atoms with van der Waals surface area (Å²) in [4.78, 5) is 10.0. The molecular formula is C30H22BrClN4O. The van der Waals surface area contributed by atoms with E-state index in [1.807, 2.05) is 89.9 Å². The first-order valence-corrected chi connectivity index (χ1v) is 13.1. The van der Waals surface area contributed by atoms with E-state index >= 15 is 0 Å². The average molecular weight is 570 g/mol. The monoisotopic (exact) mass is 568 g/mol. The van der Waals surface area contributed by atoms with Crippen LogP contribution in [0.4, 0.5) is 5.95 Å². The molecule has 6 rings (SSSR count). The second-order valence-electron chi connectivity index (χ2n) is 8.76. The van der Waals surface area contributed by atoms with E-state index < -0.39 is 0 Å². The highest BCUT2D eigenvalue weighted by molar-refractivity contribution is 9.10. The Kier molecular flexibility index (Phi) is 6.37. The molecule has 0 bridgehead atoms. The summed E-state index contributed by atoms with van der Waals surface area (Å²) >= 11 is 9.93. The number of benzene rings is 4. The topological polar surface area (TPSA) is 50.6 Å². The zero-order chi connectivity index (χ0) is 25.4. The molecule has 0 saturated heterocycles. The smallest absolute Gasteiger partial charge is 0.247 e. The molecule has 1 aromatic heterocycles. The second-order valence-corrected chi connectivity index (χ2v) is 10.1. The minimum atomic E-state index is -0.0821. The van der Waals surface area contributed by atoms with Crippen LogP contribution in [0.3, 0.4) is 0 Å². The molecule has 0 saturated carbocycles. The summed E-state index contributed by atoms with van der Waals surface area (Å²) in [6.45, 7) is 0. The van der Waals surface area contributed by atoms with Crippen molar-refractivity contribution in [3.63, 3.8) is 0 Å². The molecule has 4 aromatic carbocycles. The van der Waals surface area contributed by atoms with Crippen molar-refractivity contribution >= 4 is 50.1 Å². The van der Waals surface area contributed by atoms with E-state index in [1.54, 1.807) is 7.11 Å². The molecular weight excluding hydrogens is 548 g/mol. The van der Waals surface area contributed by atoms with Gasteiger partial charge in [-0.1, -0.05) is 82.1 Å². The number of anilines is 1. The Morgan fingerprint density at radius 2 is 1.65 bits per heavy atom. The molecule has 5 nitrogen and oxygen atoms in total. The summed E-state index contributed by atoms with van der Waals surface area (Å²) < 4.78 is 6.68. The van der Waals surface area contributed by atoms with E-state index in [9.17, 15) is 0 Å². The van der Waals surface area contributed by atoms with E-state index in [0.29, 0.717) is 17.4 Å². The Morgan fingerprint density at radius 1 is 0.892 bits per heavy atom. The molecule has 0 spiro atoms. The number of ether oxygens (including phenoxy) is 1. The quantitative estimate of drug-likeness (QED) is 0.215. The first kappa shape index (κ1) is 23.6. The summed E-state index contributed by atoms with van der Waals surface area (Å²) in [6.07, 6.45) is 0.685. The van der Waals surface area contributed by atoms with Gasteiger partial charge in [-0.25, -0.2) is 15.0 Å². The van der Waals surface area contributed by atoms with E-state index in [1.165, 1.54) is 0 Å². The lowest BCUT2D eigenvalue weighted by atomic mass is 9.98. The Bertz CT molecular complexity index is 1620. The molecule has 0 amide bonds. The molecule has 5 aromatic rings. The third-order valence-corrected chi connectivity index (χ3v) is 7.24. The van der Waals surface area contributed by atoms with Crippen LogP contribution in [0.5, 0.6) is 5.75 Å². The van der Waals surface area contributed by atoms with Crippen LogP contribution >= 0.6 is 27.5 Å². The summed E-state index contributed by atoms with van der Waals surface area (Å²) in [5, 5.41) is 8.56. The van der Waals surface area contributed by atoms with E-state index in [4.69, 9.17) is 31.4 Å². The maximum atomic E-state index is 6.37. The van der Waals surface area contributed by atoms with Gasteiger partial charge in [-0.3, -0.25) is 0 Å². The van der Waals surface area contributed by atoms with Gasteiger partial charge in [0.1, 0.15) is 5.75 Å². The highest BCUT2D eigenvalue weighted by atomic mass is 79.9. The van der Waals surface area contributed by atoms with E-state index in [-0.39, 0.29) is 6.04 Å². The number of hydrazone groups is 1. The lowest BCUT2D eigenvalue weighted by Crippen LogP contribution is -2.21. The fraction of sp³-hybridized carbons (Fsp3) is 0.100. The van der Waals surface area contributed by atoms with Crippen molar-refractivity contribution in [3.8, 4) is 17.0 Å². The van der Waals surface area contributed by atoms with Crippen molar-refractivity contribution in [2.24, 2.45) is 5.10 Å². The molecule has 1 atom stereocenters. The van der Waals surface area contributed by atoms with Crippen LogP contribution in [-0.2, 0) is 0 Å². The van der Waals surface area contributed by atoms with Crippen molar-refractivity contribution in [1.82, 2.24) is 9.97 Å². The molecule has 1 aliphatic rings. The van der Waals surface area contributed by atoms with Crippen LogP contribution in [0.15, 0.2) is 107 Å². The molecule has 7 heteroatoms. The molecule has 0 aliphatic carbocycles. The zero-order valence-corrected chi connectivity index (χ0v) is 22.3. The number of halogens is 2. The predicted octanol–water partition coefficient (Wildman–Crippen LogP) is 8.08. The molecule has 1 aliphatic heterocycles. The van der Waals surface area contributed by atoms with Crippen molar-refractivity contribution in [1.29, 1.82) is 0 Å². The summed E-state index contributed by atoms with van der Waals surface area (Å²) in [7, 11) is 1.68. The van der Waals surface area contributed by atoms with Crippen LogP contribution in [-0.4, -0.2) is 22.8 Å². The number of hydrogen-bond acceptors (Lipinski definition) is 5. The number of methoxy groups -OCH3 is 1. The predicted molar refractivity (Wildman–Crippen MR) is 153 cm³/mol. The number of fused-ring (bicyclic) bond motifs is 1. The molecule has 37 heavy (non-hydrogen) atoms. The van der Waals surface area contributed by atoms with Gasteiger partial charge in [0.25, 0.3) is 0 Å². The van der Waals surface area contributed by atoms with Gasteiger partial charge in [0.15, 0.2) is 0 Å². The highest BCUT2D eigenvalue weighted by Gasteiger charge is 2.33. The number of aromatic nitrogens is 2. The molecule has 0 fully saturated rings. The molecule has 0 N–H and O–H groups in total. The van der Waals surface area contributed by atoms with Crippen LogP contribution in [0.1, 0.15) is 23.6 Å². The Hall–Kier alpha value is -3.74. The van der Waals surface area contributed by atoms with Gasteiger partial charge in [-0.05, 0) is 48.0 Å². The Balaban J connectivity index is 1.55. The van der Waals surface area contributed by atoms with Gasteiger partial charge in [0.2, 0.25) is 5.95 Å². The van der Waals surface area contributed by atoms with E-state index in [2.05, 4.69) is 28.1 Å². The number of para-hydroxylation sites is 1. The van der Waals surface area contributed by atoms with Crippen molar-refractivity contribution in [2.75, 3.05) is 12.1 Å². The maximum absolute atomic E-state index is 6.37. The van der Waals surface area contributed by atoms with Crippen molar-refractivity contribution < 1.29 is 4.74 Å². The Labute approximate surface area is 228 Å². The van der Waals surface area contributed by atoms with Gasteiger partial charge in [-0.2, -0.15) is 5.10 Å². The lowest BCUT2D eigenvalue weighted by molar-refractivity contribution is 0.414. The van der Waals surface area contributed by atoms with Crippen LogP contribution in [0.2, 0.25) is 5.02 Å². The fourth-order valence-corrected chi connectivity index (χ4v) is 5.13. The first-order chi connectivity index (χ1) is 18.1.